The number of carbonyl (C=O) groups is 1. The van der Waals surface area contributed by atoms with Crippen molar-refractivity contribution in [3.05, 3.63) is 25.9 Å². The van der Waals surface area contributed by atoms with E-state index in [0.717, 1.165) is 30.6 Å². The molecule has 2 rings (SSSR count). The summed E-state index contributed by atoms with van der Waals surface area (Å²) in [6, 6.07) is 1.24. The van der Waals surface area contributed by atoms with Crippen LogP contribution in [0.3, 0.4) is 0 Å². The van der Waals surface area contributed by atoms with E-state index in [4.69, 9.17) is 0 Å². The standard InChI is InChI=1S/C13H18N2O4S/c1-8-9(15(18)19)6-10(20-8)12(17)14-11-4-3-5-13(11,2)7-16/h6,11,16H,3-5,7H2,1-2H3,(H,14,17). The lowest BCUT2D eigenvalue weighted by Gasteiger charge is -2.29. The van der Waals surface area contributed by atoms with Crippen LogP contribution in [0, 0.1) is 22.5 Å². The van der Waals surface area contributed by atoms with E-state index < -0.39 is 4.92 Å². The van der Waals surface area contributed by atoms with E-state index in [0.29, 0.717) is 9.75 Å². The second-order valence-electron chi connectivity index (χ2n) is 5.54. The fourth-order valence-corrected chi connectivity index (χ4v) is 3.55. The second kappa shape index (κ2) is 5.49. The zero-order valence-corrected chi connectivity index (χ0v) is 12.3. The Labute approximate surface area is 121 Å². The first-order valence-electron chi connectivity index (χ1n) is 6.54. The molecule has 1 aliphatic rings. The minimum atomic E-state index is -0.476. The molecule has 20 heavy (non-hydrogen) atoms. The van der Waals surface area contributed by atoms with Gasteiger partial charge in [0.2, 0.25) is 0 Å². The number of nitrogens with one attached hydrogen (secondary N) is 1. The van der Waals surface area contributed by atoms with Crippen LogP contribution in [0.2, 0.25) is 0 Å². The van der Waals surface area contributed by atoms with Gasteiger partial charge in [-0.1, -0.05) is 13.3 Å². The fraction of sp³-hybridized carbons (Fsp3) is 0.615. The Morgan fingerprint density at radius 2 is 2.40 bits per heavy atom. The van der Waals surface area contributed by atoms with Crippen molar-refractivity contribution in [2.75, 3.05) is 6.61 Å². The van der Waals surface area contributed by atoms with E-state index in [-0.39, 0.29) is 29.7 Å². The van der Waals surface area contributed by atoms with Gasteiger partial charge in [0.05, 0.1) is 21.3 Å². The van der Waals surface area contributed by atoms with Gasteiger partial charge >= 0.3 is 0 Å². The smallest absolute Gasteiger partial charge is 0.283 e. The zero-order valence-electron chi connectivity index (χ0n) is 11.5. The van der Waals surface area contributed by atoms with Gasteiger partial charge in [-0.15, -0.1) is 11.3 Å². The molecule has 0 saturated heterocycles. The van der Waals surface area contributed by atoms with Crippen molar-refractivity contribution in [1.29, 1.82) is 0 Å². The highest BCUT2D eigenvalue weighted by molar-refractivity contribution is 7.14. The quantitative estimate of drug-likeness (QED) is 0.658. The lowest BCUT2D eigenvalue weighted by molar-refractivity contribution is -0.385. The molecule has 1 aromatic heterocycles. The monoisotopic (exact) mass is 298 g/mol. The second-order valence-corrected chi connectivity index (χ2v) is 6.80. The van der Waals surface area contributed by atoms with Crippen molar-refractivity contribution in [2.45, 2.75) is 39.2 Å². The molecule has 0 radical (unpaired) electrons. The molecular weight excluding hydrogens is 280 g/mol. The first kappa shape index (κ1) is 14.9. The summed E-state index contributed by atoms with van der Waals surface area (Å²) >= 11 is 1.13. The Balaban J connectivity index is 2.13. The predicted octanol–water partition coefficient (Wildman–Crippen LogP) is 2.25. The van der Waals surface area contributed by atoms with Crippen molar-refractivity contribution >= 4 is 22.9 Å². The molecule has 0 aromatic carbocycles. The number of aliphatic hydroxyl groups excluding tert-OH is 1. The first-order chi connectivity index (χ1) is 9.37. The first-order valence-corrected chi connectivity index (χ1v) is 7.35. The molecule has 6 nitrogen and oxygen atoms in total. The van der Waals surface area contributed by atoms with Crippen LogP contribution in [0.4, 0.5) is 5.69 Å². The molecule has 0 aliphatic heterocycles. The highest BCUT2D eigenvalue weighted by Gasteiger charge is 2.39. The molecule has 7 heteroatoms. The molecule has 1 aromatic rings. The molecule has 110 valence electrons. The van der Waals surface area contributed by atoms with E-state index in [1.807, 2.05) is 6.92 Å². The number of rotatable bonds is 4. The van der Waals surface area contributed by atoms with Gasteiger partial charge in [-0.3, -0.25) is 14.9 Å². The van der Waals surface area contributed by atoms with E-state index in [9.17, 15) is 20.0 Å². The lowest BCUT2D eigenvalue weighted by Crippen LogP contribution is -2.44. The van der Waals surface area contributed by atoms with E-state index in [1.54, 1.807) is 6.92 Å². The number of amides is 1. The van der Waals surface area contributed by atoms with E-state index >= 15 is 0 Å². The zero-order chi connectivity index (χ0) is 14.9. The summed E-state index contributed by atoms with van der Waals surface area (Å²) in [5.41, 5.74) is -0.315. The molecule has 1 saturated carbocycles. The van der Waals surface area contributed by atoms with Crippen LogP contribution >= 0.6 is 11.3 Å². The Morgan fingerprint density at radius 1 is 1.70 bits per heavy atom. The van der Waals surface area contributed by atoms with Gasteiger partial charge in [0.1, 0.15) is 0 Å². The van der Waals surface area contributed by atoms with E-state index in [2.05, 4.69) is 5.32 Å². The largest absolute Gasteiger partial charge is 0.396 e. The molecule has 2 unspecified atom stereocenters. The van der Waals surface area contributed by atoms with Crippen molar-refractivity contribution in [2.24, 2.45) is 5.41 Å². The highest BCUT2D eigenvalue weighted by Crippen LogP contribution is 2.38. The van der Waals surface area contributed by atoms with Crippen molar-refractivity contribution in [3.63, 3.8) is 0 Å². The van der Waals surface area contributed by atoms with Crippen LogP contribution in [-0.4, -0.2) is 28.6 Å². The van der Waals surface area contributed by atoms with Gasteiger partial charge in [0, 0.05) is 17.5 Å². The molecule has 1 aliphatic carbocycles. The molecule has 1 heterocycles. The summed E-state index contributed by atoms with van der Waals surface area (Å²) in [5, 5.41) is 23.2. The Bertz CT molecular complexity index is 542. The SMILES string of the molecule is Cc1sc(C(=O)NC2CCCC2(C)CO)cc1[N+](=O)[O-]. The third-order valence-corrected chi connectivity index (χ3v) is 5.10. The number of carbonyl (C=O) groups excluding carboxylic acids is 1. The summed E-state index contributed by atoms with van der Waals surface area (Å²) in [5.74, 6) is -0.294. The maximum atomic E-state index is 12.2. The maximum absolute atomic E-state index is 12.2. The van der Waals surface area contributed by atoms with Crippen LogP contribution in [0.1, 0.15) is 40.7 Å². The molecule has 1 amide bonds. The maximum Gasteiger partial charge on any atom is 0.283 e. The van der Waals surface area contributed by atoms with Crippen LogP contribution in [0.15, 0.2) is 6.07 Å². The van der Waals surface area contributed by atoms with Crippen LogP contribution in [-0.2, 0) is 0 Å². The summed E-state index contributed by atoms with van der Waals surface area (Å²) in [7, 11) is 0. The molecule has 0 bridgehead atoms. The number of aliphatic hydroxyl groups is 1. The Morgan fingerprint density at radius 3 is 2.95 bits per heavy atom. The number of aryl methyl sites for hydroxylation is 1. The fourth-order valence-electron chi connectivity index (χ4n) is 2.66. The van der Waals surface area contributed by atoms with Gasteiger partial charge in [0.15, 0.2) is 0 Å². The summed E-state index contributed by atoms with van der Waals surface area (Å²) in [4.78, 5) is 23.4. The third-order valence-electron chi connectivity index (χ3n) is 4.06. The minimum absolute atomic E-state index is 0.0171. The number of thiophene rings is 1. The van der Waals surface area contributed by atoms with Crippen LogP contribution in [0.5, 0.6) is 0 Å². The van der Waals surface area contributed by atoms with Crippen molar-refractivity contribution in [1.82, 2.24) is 5.32 Å². The number of hydrogen-bond acceptors (Lipinski definition) is 5. The minimum Gasteiger partial charge on any atom is -0.396 e. The van der Waals surface area contributed by atoms with Crippen LogP contribution < -0.4 is 5.32 Å². The molecular formula is C13H18N2O4S. The third kappa shape index (κ3) is 2.69. The van der Waals surface area contributed by atoms with Gasteiger partial charge in [-0.25, -0.2) is 0 Å². The number of nitro groups is 1. The van der Waals surface area contributed by atoms with Gasteiger partial charge < -0.3 is 10.4 Å². The highest BCUT2D eigenvalue weighted by atomic mass is 32.1. The Hall–Kier alpha value is -1.47. The average Bonchev–Trinajstić information content (AvgIpc) is 2.94. The molecule has 0 spiro atoms. The summed E-state index contributed by atoms with van der Waals surface area (Å²) in [6.45, 7) is 3.61. The normalized spacial score (nSPS) is 25.6. The predicted molar refractivity (Wildman–Crippen MR) is 76.0 cm³/mol. The van der Waals surface area contributed by atoms with Gasteiger partial charge in [-0.2, -0.15) is 0 Å². The van der Waals surface area contributed by atoms with Gasteiger partial charge in [-0.05, 0) is 19.8 Å². The van der Waals surface area contributed by atoms with Gasteiger partial charge in [0.25, 0.3) is 11.6 Å². The molecule has 1 fully saturated rings. The lowest BCUT2D eigenvalue weighted by atomic mass is 9.86. The van der Waals surface area contributed by atoms with Crippen molar-refractivity contribution in [3.8, 4) is 0 Å². The summed E-state index contributed by atoms with van der Waals surface area (Å²) in [6.07, 6.45) is 2.67. The van der Waals surface area contributed by atoms with Crippen molar-refractivity contribution < 1.29 is 14.8 Å². The molecule has 2 N–H and O–H groups in total. The average molecular weight is 298 g/mol. The topological polar surface area (TPSA) is 92.5 Å². The molecule has 2 atom stereocenters. The number of hydrogen-bond donors (Lipinski definition) is 2. The van der Waals surface area contributed by atoms with E-state index in [1.165, 1.54) is 6.07 Å². The number of nitrogens with zero attached hydrogens (tertiary/aromatic N) is 1. The van der Waals surface area contributed by atoms with Crippen LogP contribution in [0.25, 0.3) is 0 Å². The summed E-state index contributed by atoms with van der Waals surface area (Å²) < 4.78 is 0. The Kier molecular flexibility index (Phi) is 4.10.